The first-order valence-corrected chi connectivity index (χ1v) is 8.57. The molecule has 6 heteroatoms. The third-order valence-corrected chi connectivity index (χ3v) is 4.59. The van der Waals surface area contributed by atoms with Crippen LogP contribution in [0.1, 0.15) is 32.3 Å². The minimum Gasteiger partial charge on any atom is -0.472 e. The zero-order valence-corrected chi connectivity index (χ0v) is 14.7. The number of hydrogen-bond donors (Lipinski definition) is 1. The van der Waals surface area contributed by atoms with Crippen LogP contribution in [-0.2, 0) is 5.60 Å². The van der Waals surface area contributed by atoms with Gasteiger partial charge in [0.05, 0.1) is 11.7 Å². The number of aromatic nitrogens is 2. The van der Waals surface area contributed by atoms with E-state index in [4.69, 9.17) is 16.3 Å². The Hall–Kier alpha value is -1.85. The van der Waals surface area contributed by atoms with Gasteiger partial charge in [-0.15, -0.1) is 0 Å². The monoisotopic (exact) mass is 347 g/mol. The number of benzene rings is 1. The fourth-order valence-electron chi connectivity index (χ4n) is 3.04. The van der Waals surface area contributed by atoms with Gasteiger partial charge in [-0.3, -0.25) is 0 Å². The van der Waals surface area contributed by atoms with Gasteiger partial charge in [0.15, 0.2) is 5.82 Å². The van der Waals surface area contributed by atoms with Crippen molar-refractivity contribution in [1.29, 1.82) is 0 Å². The summed E-state index contributed by atoms with van der Waals surface area (Å²) in [6.07, 6.45) is 4.48. The molecule has 128 valence electrons. The molecule has 0 radical (unpaired) electrons. The van der Waals surface area contributed by atoms with Crippen LogP contribution < -0.4 is 9.64 Å². The van der Waals surface area contributed by atoms with E-state index >= 15 is 0 Å². The number of hydrogen-bond acceptors (Lipinski definition) is 5. The molecule has 1 N–H and O–H groups in total. The van der Waals surface area contributed by atoms with Gasteiger partial charge in [-0.2, -0.15) is 0 Å². The average molecular weight is 348 g/mol. The van der Waals surface area contributed by atoms with Gasteiger partial charge in [-0.25, -0.2) is 9.97 Å². The molecule has 0 saturated carbocycles. The van der Waals surface area contributed by atoms with Gasteiger partial charge in [-0.05, 0) is 32.8 Å². The minimum absolute atomic E-state index is 0.0327. The van der Waals surface area contributed by atoms with Gasteiger partial charge in [0.2, 0.25) is 0 Å². The summed E-state index contributed by atoms with van der Waals surface area (Å²) in [7, 11) is 0. The molecule has 3 rings (SSSR count). The van der Waals surface area contributed by atoms with E-state index in [1.165, 1.54) is 0 Å². The second-order valence-electron chi connectivity index (χ2n) is 6.35. The van der Waals surface area contributed by atoms with E-state index in [0.717, 1.165) is 11.4 Å². The maximum absolute atomic E-state index is 11.0. The number of anilines is 1. The quantitative estimate of drug-likeness (QED) is 0.918. The fourth-order valence-corrected chi connectivity index (χ4v) is 3.35. The van der Waals surface area contributed by atoms with Crippen LogP contribution in [0.4, 0.5) is 5.82 Å². The van der Waals surface area contributed by atoms with Gasteiger partial charge in [-0.1, -0.05) is 29.8 Å². The lowest BCUT2D eigenvalue weighted by Crippen LogP contribution is -2.43. The van der Waals surface area contributed by atoms with Crippen LogP contribution in [0.3, 0.4) is 0 Å². The molecule has 0 atom stereocenters. The number of nitrogens with zero attached hydrogens (tertiary/aromatic N) is 3. The molecule has 0 aliphatic carbocycles. The van der Waals surface area contributed by atoms with Crippen molar-refractivity contribution in [1.82, 2.24) is 9.97 Å². The molecule has 0 spiro atoms. The first-order chi connectivity index (χ1) is 11.5. The van der Waals surface area contributed by atoms with E-state index in [9.17, 15) is 5.11 Å². The maximum Gasteiger partial charge on any atom is 0.257 e. The second-order valence-corrected chi connectivity index (χ2v) is 6.76. The largest absolute Gasteiger partial charge is 0.472 e. The lowest BCUT2D eigenvalue weighted by Gasteiger charge is -2.39. The topological polar surface area (TPSA) is 58.5 Å². The molecule has 5 nitrogen and oxygen atoms in total. The number of piperidine rings is 1. The van der Waals surface area contributed by atoms with Crippen LogP contribution in [0.2, 0.25) is 5.02 Å². The summed E-state index contributed by atoms with van der Waals surface area (Å²) < 4.78 is 5.76. The molecular weight excluding hydrogens is 326 g/mol. The van der Waals surface area contributed by atoms with Crippen molar-refractivity contribution in [3.8, 4) is 5.88 Å². The Labute approximate surface area is 147 Å². The standard InChI is InChI=1S/C18H22ClN3O2/c1-13(2)24-17-16(20-9-10-21-17)22-11-7-18(23,8-12-22)14-5-3-4-6-15(14)19/h3-6,9-10,13,23H,7-8,11-12H2,1-2H3. The zero-order valence-electron chi connectivity index (χ0n) is 13.9. The second kappa shape index (κ2) is 6.95. The van der Waals surface area contributed by atoms with Gasteiger partial charge in [0, 0.05) is 36.1 Å². The van der Waals surface area contributed by atoms with Crippen molar-refractivity contribution in [3.63, 3.8) is 0 Å². The Morgan fingerprint density at radius 3 is 2.50 bits per heavy atom. The smallest absolute Gasteiger partial charge is 0.257 e. The highest BCUT2D eigenvalue weighted by Gasteiger charge is 2.36. The number of ether oxygens (including phenoxy) is 1. The van der Waals surface area contributed by atoms with E-state index in [2.05, 4.69) is 14.9 Å². The van der Waals surface area contributed by atoms with E-state index in [0.29, 0.717) is 36.8 Å². The molecule has 1 fully saturated rings. The van der Waals surface area contributed by atoms with Crippen molar-refractivity contribution >= 4 is 17.4 Å². The molecule has 1 aliphatic heterocycles. The lowest BCUT2D eigenvalue weighted by atomic mass is 9.84. The Balaban J connectivity index is 1.77. The Kier molecular flexibility index (Phi) is 4.92. The summed E-state index contributed by atoms with van der Waals surface area (Å²) in [5.74, 6) is 1.27. The molecule has 0 bridgehead atoms. The van der Waals surface area contributed by atoms with Gasteiger partial charge in [0.1, 0.15) is 0 Å². The van der Waals surface area contributed by atoms with Crippen LogP contribution in [0.15, 0.2) is 36.7 Å². The number of rotatable bonds is 4. The normalized spacial score (nSPS) is 17.1. The molecule has 24 heavy (non-hydrogen) atoms. The SMILES string of the molecule is CC(C)Oc1nccnc1N1CCC(O)(c2ccccc2Cl)CC1. The van der Waals surface area contributed by atoms with E-state index in [1.807, 2.05) is 38.1 Å². The van der Waals surface area contributed by atoms with E-state index < -0.39 is 5.60 Å². The van der Waals surface area contributed by atoms with Crippen LogP contribution in [0, 0.1) is 0 Å². The van der Waals surface area contributed by atoms with Crippen molar-refractivity contribution < 1.29 is 9.84 Å². The Morgan fingerprint density at radius 1 is 1.17 bits per heavy atom. The molecule has 1 aromatic carbocycles. The third kappa shape index (κ3) is 3.47. The van der Waals surface area contributed by atoms with E-state index in [1.54, 1.807) is 12.4 Å². The third-order valence-electron chi connectivity index (χ3n) is 4.26. The van der Waals surface area contributed by atoms with Crippen LogP contribution in [0.25, 0.3) is 0 Å². The molecule has 0 unspecified atom stereocenters. The fraction of sp³-hybridized carbons (Fsp3) is 0.444. The summed E-state index contributed by atoms with van der Waals surface area (Å²) in [4.78, 5) is 10.8. The molecule has 1 aliphatic rings. The number of halogens is 1. The summed E-state index contributed by atoms with van der Waals surface area (Å²) >= 11 is 6.27. The van der Waals surface area contributed by atoms with Crippen molar-refractivity contribution in [3.05, 3.63) is 47.2 Å². The van der Waals surface area contributed by atoms with E-state index in [-0.39, 0.29) is 6.10 Å². The summed E-state index contributed by atoms with van der Waals surface area (Å²) in [6, 6.07) is 7.49. The first kappa shape index (κ1) is 17.0. The highest BCUT2D eigenvalue weighted by molar-refractivity contribution is 6.31. The predicted molar refractivity (Wildman–Crippen MR) is 94.6 cm³/mol. The van der Waals surface area contributed by atoms with Gasteiger partial charge < -0.3 is 14.7 Å². The van der Waals surface area contributed by atoms with Crippen molar-refractivity contribution in [2.75, 3.05) is 18.0 Å². The molecule has 2 aromatic rings. The van der Waals surface area contributed by atoms with Gasteiger partial charge >= 0.3 is 0 Å². The van der Waals surface area contributed by atoms with Crippen LogP contribution >= 0.6 is 11.6 Å². The van der Waals surface area contributed by atoms with Crippen LogP contribution in [-0.4, -0.2) is 34.3 Å². The first-order valence-electron chi connectivity index (χ1n) is 8.19. The predicted octanol–water partition coefficient (Wildman–Crippen LogP) is 3.41. The summed E-state index contributed by atoms with van der Waals surface area (Å²) in [5, 5.41) is 11.6. The molecule has 2 heterocycles. The molecular formula is C18H22ClN3O2. The van der Waals surface area contributed by atoms with Crippen LogP contribution in [0.5, 0.6) is 5.88 Å². The molecule has 1 aromatic heterocycles. The summed E-state index contributed by atoms with van der Waals surface area (Å²) in [5.41, 5.74) is -0.111. The lowest BCUT2D eigenvalue weighted by molar-refractivity contribution is 0.0116. The minimum atomic E-state index is -0.907. The van der Waals surface area contributed by atoms with Crippen molar-refractivity contribution in [2.24, 2.45) is 0 Å². The Bertz CT molecular complexity index is 700. The van der Waals surface area contributed by atoms with Gasteiger partial charge in [0.25, 0.3) is 5.88 Å². The summed E-state index contributed by atoms with van der Waals surface area (Å²) in [6.45, 7) is 5.25. The Morgan fingerprint density at radius 2 is 1.83 bits per heavy atom. The average Bonchev–Trinajstić information content (AvgIpc) is 2.56. The molecule has 0 amide bonds. The van der Waals surface area contributed by atoms with Crippen molar-refractivity contribution in [2.45, 2.75) is 38.4 Å². The highest BCUT2D eigenvalue weighted by Crippen LogP contribution is 2.38. The number of aliphatic hydroxyl groups is 1. The maximum atomic E-state index is 11.0. The molecule has 1 saturated heterocycles. The highest BCUT2D eigenvalue weighted by atomic mass is 35.5. The zero-order chi connectivity index (χ0) is 17.2.